The van der Waals surface area contributed by atoms with Crippen LogP contribution < -0.4 is 15.6 Å². The monoisotopic (exact) mass is 351 g/mol. The summed E-state index contributed by atoms with van der Waals surface area (Å²) < 4.78 is 6.90. The normalized spacial score (nSPS) is 10.7. The zero-order valence-electron chi connectivity index (χ0n) is 14.9. The number of carbonyl (C=O) groups is 1. The summed E-state index contributed by atoms with van der Waals surface area (Å²) >= 11 is 0. The Balaban J connectivity index is 1.56. The first kappa shape index (κ1) is 17.7. The van der Waals surface area contributed by atoms with Gasteiger partial charge in [-0.1, -0.05) is 24.3 Å². The second kappa shape index (κ2) is 7.82. The van der Waals surface area contributed by atoms with Crippen molar-refractivity contribution >= 4 is 16.8 Å². The van der Waals surface area contributed by atoms with E-state index in [1.54, 1.807) is 6.07 Å². The molecule has 6 nitrogen and oxygen atoms in total. The van der Waals surface area contributed by atoms with Crippen molar-refractivity contribution in [3.05, 3.63) is 70.3 Å². The number of para-hydroxylation sites is 1. The Kier molecular flexibility index (Phi) is 5.31. The summed E-state index contributed by atoms with van der Waals surface area (Å²) in [6.07, 6.45) is 1.42. The summed E-state index contributed by atoms with van der Waals surface area (Å²) in [6, 6.07) is 13.2. The molecule has 26 heavy (non-hydrogen) atoms. The Morgan fingerprint density at radius 3 is 2.81 bits per heavy atom. The fraction of sp³-hybridized carbons (Fsp3) is 0.250. The van der Waals surface area contributed by atoms with Gasteiger partial charge >= 0.3 is 0 Å². The first-order chi connectivity index (χ1) is 12.5. The molecular formula is C20H21N3O3. The average Bonchev–Trinajstić information content (AvgIpc) is 2.62. The molecule has 0 saturated carbocycles. The summed E-state index contributed by atoms with van der Waals surface area (Å²) in [5, 5.41) is 3.27. The van der Waals surface area contributed by atoms with Gasteiger partial charge in [-0.15, -0.1) is 0 Å². The molecule has 3 rings (SSSR count). The Bertz CT molecular complexity index is 995. The van der Waals surface area contributed by atoms with E-state index in [0.29, 0.717) is 24.1 Å². The number of carbonyl (C=O) groups excluding carboxylic acids is 1. The van der Waals surface area contributed by atoms with E-state index >= 15 is 0 Å². The van der Waals surface area contributed by atoms with Crippen molar-refractivity contribution in [2.75, 3.05) is 13.2 Å². The van der Waals surface area contributed by atoms with E-state index in [9.17, 15) is 9.59 Å². The van der Waals surface area contributed by atoms with E-state index in [2.05, 4.69) is 10.3 Å². The zero-order valence-corrected chi connectivity index (χ0v) is 14.9. The molecule has 1 heterocycles. The minimum atomic E-state index is -0.256. The molecule has 0 atom stereocenters. The number of fused-ring (bicyclic) bond motifs is 1. The van der Waals surface area contributed by atoms with Gasteiger partial charge in [0, 0.05) is 0 Å². The molecule has 0 unspecified atom stereocenters. The van der Waals surface area contributed by atoms with Crippen LogP contribution in [0, 0.1) is 13.8 Å². The van der Waals surface area contributed by atoms with Gasteiger partial charge in [0.05, 0.1) is 23.8 Å². The molecule has 0 aliphatic heterocycles. The van der Waals surface area contributed by atoms with Gasteiger partial charge in [-0.2, -0.15) is 0 Å². The van der Waals surface area contributed by atoms with Crippen LogP contribution >= 0.6 is 0 Å². The number of nitrogens with one attached hydrogen (secondary N) is 1. The second-order valence-corrected chi connectivity index (χ2v) is 6.16. The fourth-order valence-electron chi connectivity index (χ4n) is 2.73. The molecular weight excluding hydrogens is 330 g/mol. The maximum atomic E-state index is 12.5. The van der Waals surface area contributed by atoms with Gasteiger partial charge in [-0.05, 0) is 43.2 Å². The highest BCUT2D eigenvalue weighted by Gasteiger charge is 2.09. The van der Waals surface area contributed by atoms with Crippen molar-refractivity contribution in [1.29, 1.82) is 0 Å². The van der Waals surface area contributed by atoms with Crippen LogP contribution in [0.1, 0.15) is 11.1 Å². The van der Waals surface area contributed by atoms with Gasteiger partial charge in [0.25, 0.3) is 5.56 Å². The van der Waals surface area contributed by atoms with Gasteiger partial charge in [0.15, 0.2) is 0 Å². The lowest BCUT2D eigenvalue weighted by Crippen LogP contribution is -2.34. The first-order valence-electron chi connectivity index (χ1n) is 8.45. The van der Waals surface area contributed by atoms with Crippen LogP contribution in [0.3, 0.4) is 0 Å². The molecule has 134 valence electrons. The molecule has 1 N–H and O–H groups in total. The van der Waals surface area contributed by atoms with Crippen molar-refractivity contribution in [1.82, 2.24) is 14.9 Å². The third-order valence-electron chi connectivity index (χ3n) is 4.05. The highest BCUT2D eigenvalue weighted by molar-refractivity contribution is 5.81. The van der Waals surface area contributed by atoms with Crippen molar-refractivity contribution in [2.24, 2.45) is 0 Å². The number of aromatic nitrogens is 2. The number of benzene rings is 2. The topological polar surface area (TPSA) is 73.2 Å². The highest BCUT2D eigenvalue weighted by atomic mass is 16.5. The minimum Gasteiger partial charge on any atom is -0.492 e. The van der Waals surface area contributed by atoms with Gasteiger partial charge in [0.1, 0.15) is 18.9 Å². The van der Waals surface area contributed by atoms with E-state index < -0.39 is 0 Å². The smallest absolute Gasteiger partial charge is 0.261 e. The highest BCUT2D eigenvalue weighted by Crippen LogP contribution is 2.12. The third-order valence-corrected chi connectivity index (χ3v) is 4.05. The molecule has 0 aliphatic carbocycles. The first-order valence-corrected chi connectivity index (χ1v) is 8.45. The van der Waals surface area contributed by atoms with Gasteiger partial charge in [0.2, 0.25) is 5.91 Å². The van der Waals surface area contributed by atoms with Gasteiger partial charge < -0.3 is 10.1 Å². The summed E-state index contributed by atoms with van der Waals surface area (Å²) in [5.74, 6) is 0.512. The molecule has 3 aromatic rings. The van der Waals surface area contributed by atoms with E-state index in [4.69, 9.17) is 4.74 Å². The van der Waals surface area contributed by atoms with Gasteiger partial charge in [-0.25, -0.2) is 4.98 Å². The number of ether oxygens (including phenoxy) is 1. The lowest BCUT2D eigenvalue weighted by molar-refractivity contribution is -0.121. The number of aryl methyl sites for hydroxylation is 2. The van der Waals surface area contributed by atoms with Crippen molar-refractivity contribution in [3.8, 4) is 5.75 Å². The number of hydrogen-bond acceptors (Lipinski definition) is 4. The molecule has 1 aromatic heterocycles. The Morgan fingerprint density at radius 2 is 2.00 bits per heavy atom. The second-order valence-electron chi connectivity index (χ2n) is 6.16. The Morgan fingerprint density at radius 1 is 1.19 bits per heavy atom. The quantitative estimate of drug-likeness (QED) is 0.691. The molecule has 0 fully saturated rings. The SMILES string of the molecule is Cc1cccc(OCCNC(=O)Cn2cnc3c(C)cccc3c2=O)c1. The number of nitrogens with zero attached hydrogens (tertiary/aromatic N) is 2. The standard InChI is InChI=1S/C20H21N3O3/c1-14-5-3-7-16(11-14)26-10-9-21-18(24)12-23-13-22-19-15(2)6-4-8-17(19)20(23)25/h3-8,11,13H,9-10,12H2,1-2H3,(H,21,24). The van der Waals surface area contributed by atoms with Gasteiger partial charge in [-0.3, -0.25) is 14.2 Å². The van der Waals surface area contributed by atoms with Crippen LogP contribution in [0.2, 0.25) is 0 Å². The van der Waals surface area contributed by atoms with Crippen LogP contribution in [0.5, 0.6) is 5.75 Å². The summed E-state index contributed by atoms with van der Waals surface area (Å²) in [4.78, 5) is 28.9. The maximum Gasteiger partial charge on any atom is 0.261 e. The Labute approximate surface area is 151 Å². The molecule has 0 bridgehead atoms. The summed E-state index contributed by atoms with van der Waals surface area (Å²) in [7, 11) is 0. The Hall–Kier alpha value is -3.15. The predicted octanol–water partition coefficient (Wildman–Crippen LogP) is 2.21. The van der Waals surface area contributed by atoms with E-state index in [-0.39, 0.29) is 18.0 Å². The predicted molar refractivity (Wildman–Crippen MR) is 100 cm³/mol. The third kappa shape index (κ3) is 4.08. The minimum absolute atomic E-state index is 0.0693. The number of rotatable bonds is 6. The molecule has 0 spiro atoms. The summed E-state index contributed by atoms with van der Waals surface area (Å²) in [5.41, 5.74) is 2.50. The van der Waals surface area contributed by atoms with Crippen LogP contribution in [0.15, 0.2) is 53.6 Å². The number of amides is 1. The molecule has 1 amide bonds. The van der Waals surface area contributed by atoms with Crippen molar-refractivity contribution in [2.45, 2.75) is 20.4 Å². The molecule has 2 aromatic carbocycles. The summed E-state index contributed by atoms with van der Waals surface area (Å²) in [6.45, 7) is 4.55. The van der Waals surface area contributed by atoms with Crippen molar-refractivity contribution < 1.29 is 9.53 Å². The molecule has 0 aliphatic rings. The lowest BCUT2D eigenvalue weighted by atomic mass is 10.1. The van der Waals surface area contributed by atoms with Crippen molar-refractivity contribution in [3.63, 3.8) is 0 Å². The largest absolute Gasteiger partial charge is 0.492 e. The molecule has 6 heteroatoms. The van der Waals surface area contributed by atoms with Crippen LogP contribution in [-0.2, 0) is 11.3 Å². The molecule has 0 saturated heterocycles. The van der Waals surface area contributed by atoms with E-state index in [1.807, 2.05) is 50.2 Å². The molecule has 0 radical (unpaired) electrons. The maximum absolute atomic E-state index is 12.5. The number of hydrogen-bond donors (Lipinski definition) is 1. The van der Waals surface area contributed by atoms with E-state index in [0.717, 1.165) is 16.9 Å². The van der Waals surface area contributed by atoms with Crippen LogP contribution in [0.4, 0.5) is 0 Å². The fourth-order valence-corrected chi connectivity index (χ4v) is 2.73. The van der Waals surface area contributed by atoms with Crippen LogP contribution in [0.25, 0.3) is 10.9 Å². The van der Waals surface area contributed by atoms with E-state index in [1.165, 1.54) is 10.9 Å². The average molecular weight is 351 g/mol. The zero-order chi connectivity index (χ0) is 18.5. The lowest BCUT2D eigenvalue weighted by Gasteiger charge is -2.10. The van der Waals surface area contributed by atoms with Crippen LogP contribution in [-0.4, -0.2) is 28.6 Å².